The van der Waals surface area contributed by atoms with Crippen molar-refractivity contribution in [2.24, 2.45) is 5.92 Å². The summed E-state index contributed by atoms with van der Waals surface area (Å²) >= 11 is 0. The number of amides is 2. The normalized spacial score (nSPS) is 15.2. The molecule has 3 rings (SSSR count). The van der Waals surface area contributed by atoms with Gasteiger partial charge in [0.05, 0.1) is 12.3 Å². The Bertz CT molecular complexity index is 875. The molecule has 1 aromatic carbocycles. The van der Waals surface area contributed by atoms with Crippen molar-refractivity contribution in [1.29, 1.82) is 5.26 Å². The minimum absolute atomic E-state index is 0.0316. The van der Waals surface area contributed by atoms with Gasteiger partial charge in [0, 0.05) is 17.3 Å². The van der Waals surface area contributed by atoms with Gasteiger partial charge in [0.1, 0.15) is 0 Å². The molecular weight excluding hydrogens is 358 g/mol. The Morgan fingerprint density at radius 2 is 1.79 bits per heavy atom. The van der Waals surface area contributed by atoms with Gasteiger partial charge < -0.3 is 15.1 Å². The Labute approximate surface area is 162 Å². The van der Waals surface area contributed by atoms with Crippen LogP contribution in [0.15, 0.2) is 47.1 Å². The lowest BCUT2D eigenvalue weighted by atomic mass is 9.93. The molecule has 1 heterocycles. The molecule has 144 valence electrons. The zero-order valence-corrected chi connectivity index (χ0v) is 15.3. The van der Waals surface area contributed by atoms with Crippen molar-refractivity contribution in [1.82, 2.24) is 5.32 Å². The van der Waals surface area contributed by atoms with Crippen molar-refractivity contribution < 1.29 is 18.8 Å². The second kappa shape index (κ2) is 9.00. The van der Waals surface area contributed by atoms with Gasteiger partial charge in [-0.15, -0.1) is 0 Å². The van der Waals surface area contributed by atoms with Crippen LogP contribution < -0.4 is 10.6 Å². The number of hydrogen-bond donors (Lipinski definition) is 2. The lowest BCUT2D eigenvalue weighted by molar-refractivity contribution is -0.123. The number of nitrogens with zero attached hydrogens (tertiary/aromatic N) is 1. The number of Topliss-reactive ketones (excluding diaryl/α,β-unsaturated/α-hetero) is 1. The van der Waals surface area contributed by atoms with Crippen molar-refractivity contribution in [3.8, 4) is 6.07 Å². The maximum atomic E-state index is 12.6. The van der Waals surface area contributed by atoms with E-state index in [-0.39, 0.29) is 17.4 Å². The van der Waals surface area contributed by atoms with Gasteiger partial charge in [0.15, 0.2) is 17.5 Å². The van der Waals surface area contributed by atoms with E-state index in [1.807, 2.05) is 6.07 Å². The third-order valence-electron chi connectivity index (χ3n) is 4.78. The summed E-state index contributed by atoms with van der Waals surface area (Å²) in [6.07, 6.45) is 6.39. The van der Waals surface area contributed by atoms with Crippen LogP contribution in [0, 0.1) is 17.2 Å². The number of nitriles is 1. The molecule has 0 saturated heterocycles. The second-order valence-electron chi connectivity index (χ2n) is 6.78. The summed E-state index contributed by atoms with van der Waals surface area (Å²) in [4.78, 5) is 36.9. The quantitative estimate of drug-likeness (QED) is 0.591. The lowest BCUT2D eigenvalue weighted by Gasteiger charge is -2.23. The van der Waals surface area contributed by atoms with E-state index < -0.39 is 23.5 Å². The van der Waals surface area contributed by atoms with Crippen LogP contribution in [0.4, 0.5) is 5.69 Å². The van der Waals surface area contributed by atoms with E-state index in [0.29, 0.717) is 5.69 Å². The van der Waals surface area contributed by atoms with E-state index in [9.17, 15) is 19.6 Å². The molecule has 1 fully saturated rings. The summed E-state index contributed by atoms with van der Waals surface area (Å²) < 4.78 is 5.02. The SMILES string of the molecule is N#CC(C(=O)NC1CCCCC1)C(=O)c1ccc(NC(=O)c2ccco2)cc1. The first-order chi connectivity index (χ1) is 13.6. The molecule has 1 aliphatic carbocycles. The summed E-state index contributed by atoms with van der Waals surface area (Å²) in [5, 5.41) is 14.8. The molecule has 2 aromatic rings. The minimum Gasteiger partial charge on any atom is -0.459 e. The van der Waals surface area contributed by atoms with Crippen LogP contribution in [-0.2, 0) is 4.79 Å². The number of rotatable bonds is 6. The standard InChI is InChI=1S/C21H21N3O4/c22-13-17(20(26)23-15-5-2-1-3-6-15)19(25)14-8-10-16(11-9-14)24-21(27)18-7-4-12-28-18/h4,7-12,15,17H,1-3,5-6H2,(H,23,26)(H,24,27). The molecule has 0 aliphatic heterocycles. The maximum Gasteiger partial charge on any atom is 0.291 e. The third-order valence-corrected chi connectivity index (χ3v) is 4.78. The summed E-state index contributed by atoms with van der Waals surface area (Å²) in [6, 6.07) is 11.0. The van der Waals surface area contributed by atoms with E-state index in [1.165, 1.54) is 24.5 Å². The minimum atomic E-state index is -1.38. The van der Waals surface area contributed by atoms with Gasteiger partial charge in [-0.2, -0.15) is 5.26 Å². The van der Waals surface area contributed by atoms with Crippen molar-refractivity contribution in [3.63, 3.8) is 0 Å². The largest absolute Gasteiger partial charge is 0.459 e. The summed E-state index contributed by atoms with van der Waals surface area (Å²) in [5.41, 5.74) is 0.708. The molecule has 2 amide bonds. The molecule has 7 nitrogen and oxygen atoms in total. The van der Waals surface area contributed by atoms with Crippen LogP contribution in [-0.4, -0.2) is 23.6 Å². The zero-order chi connectivity index (χ0) is 19.9. The van der Waals surface area contributed by atoms with Gasteiger partial charge >= 0.3 is 0 Å². The highest BCUT2D eigenvalue weighted by Crippen LogP contribution is 2.19. The predicted octanol–water partition coefficient (Wildman–Crippen LogP) is 3.30. The van der Waals surface area contributed by atoms with Gasteiger partial charge in [0.2, 0.25) is 5.91 Å². The highest BCUT2D eigenvalue weighted by Gasteiger charge is 2.29. The van der Waals surface area contributed by atoms with Gasteiger partial charge in [0.25, 0.3) is 5.91 Å². The fourth-order valence-corrected chi connectivity index (χ4v) is 3.25. The molecule has 1 aliphatic rings. The number of carbonyl (C=O) groups is 3. The molecule has 1 unspecified atom stereocenters. The molecule has 1 atom stereocenters. The molecule has 2 N–H and O–H groups in total. The number of benzene rings is 1. The Morgan fingerprint density at radius 3 is 2.39 bits per heavy atom. The number of nitrogens with one attached hydrogen (secondary N) is 2. The van der Waals surface area contributed by atoms with Gasteiger partial charge in [-0.25, -0.2) is 0 Å². The second-order valence-corrected chi connectivity index (χ2v) is 6.78. The smallest absolute Gasteiger partial charge is 0.291 e. The Balaban J connectivity index is 1.62. The maximum absolute atomic E-state index is 12.6. The van der Waals surface area contributed by atoms with Crippen molar-refractivity contribution in [2.45, 2.75) is 38.1 Å². The Hall–Kier alpha value is -3.40. The number of ketones is 1. The van der Waals surface area contributed by atoms with Gasteiger partial charge in [-0.1, -0.05) is 19.3 Å². The molecular formula is C21H21N3O4. The van der Waals surface area contributed by atoms with Crippen LogP contribution in [0.1, 0.15) is 53.0 Å². The van der Waals surface area contributed by atoms with Gasteiger partial charge in [-0.3, -0.25) is 14.4 Å². The Morgan fingerprint density at radius 1 is 1.07 bits per heavy atom. The monoisotopic (exact) mass is 379 g/mol. The van der Waals surface area contributed by atoms with Crippen molar-refractivity contribution in [3.05, 3.63) is 54.0 Å². The predicted molar refractivity (Wildman–Crippen MR) is 102 cm³/mol. The number of furan rings is 1. The number of anilines is 1. The first-order valence-electron chi connectivity index (χ1n) is 9.27. The fourth-order valence-electron chi connectivity index (χ4n) is 3.25. The molecule has 7 heteroatoms. The highest BCUT2D eigenvalue weighted by atomic mass is 16.3. The van der Waals surface area contributed by atoms with Gasteiger partial charge in [-0.05, 0) is 49.2 Å². The number of hydrogen-bond acceptors (Lipinski definition) is 5. The van der Waals surface area contributed by atoms with Crippen LogP contribution in [0.3, 0.4) is 0 Å². The van der Waals surface area contributed by atoms with E-state index in [1.54, 1.807) is 18.2 Å². The first kappa shape index (κ1) is 19.4. The van der Waals surface area contributed by atoms with E-state index in [2.05, 4.69) is 10.6 Å². The summed E-state index contributed by atoms with van der Waals surface area (Å²) in [6.45, 7) is 0. The molecule has 0 bridgehead atoms. The van der Waals surface area contributed by atoms with Crippen molar-refractivity contribution in [2.75, 3.05) is 5.32 Å². The fraction of sp³-hybridized carbons (Fsp3) is 0.333. The zero-order valence-electron chi connectivity index (χ0n) is 15.3. The third kappa shape index (κ3) is 4.65. The topological polar surface area (TPSA) is 112 Å². The van der Waals surface area contributed by atoms with Crippen molar-refractivity contribution >= 4 is 23.3 Å². The van der Waals surface area contributed by atoms with Crippen LogP contribution >= 0.6 is 0 Å². The van der Waals surface area contributed by atoms with E-state index in [4.69, 9.17) is 4.42 Å². The summed E-state index contributed by atoms with van der Waals surface area (Å²) in [5.74, 6) is -2.73. The van der Waals surface area contributed by atoms with Crippen LogP contribution in [0.2, 0.25) is 0 Å². The highest BCUT2D eigenvalue weighted by molar-refractivity contribution is 6.12. The van der Waals surface area contributed by atoms with E-state index >= 15 is 0 Å². The first-order valence-corrected chi connectivity index (χ1v) is 9.27. The summed E-state index contributed by atoms with van der Waals surface area (Å²) in [7, 11) is 0. The average molecular weight is 379 g/mol. The number of carbonyl (C=O) groups excluding carboxylic acids is 3. The molecule has 0 radical (unpaired) electrons. The molecule has 1 aromatic heterocycles. The molecule has 1 saturated carbocycles. The molecule has 0 spiro atoms. The van der Waals surface area contributed by atoms with Crippen LogP contribution in [0.5, 0.6) is 0 Å². The van der Waals surface area contributed by atoms with Crippen LogP contribution in [0.25, 0.3) is 0 Å². The lowest BCUT2D eigenvalue weighted by Crippen LogP contribution is -2.42. The average Bonchev–Trinajstić information content (AvgIpc) is 3.25. The molecule has 28 heavy (non-hydrogen) atoms. The van der Waals surface area contributed by atoms with E-state index in [0.717, 1.165) is 32.1 Å². The Kier molecular flexibility index (Phi) is 6.22.